The quantitative estimate of drug-likeness (QED) is 0.563. The third-order valence-electron chi connectivity index (χ3n) is 6.02. The molecule has 5 nitrogen and oxygen atoms in total. The summed E-state index contributed by atoms with van der Waals surface area (Å²) >= 11 is 0. The summed E-state index contributed by atoms with van der Waals surface area (Å²) < 4.78 is 5.35. The number of hydrogen-bond acceptors (Lipinski definition) is 3. The lowest BCUT2D eigenvalue weighted by molar-refractivity contribution is -0.134. The molecular weight excluding hydrogens is 412 g/mol. The second-order valence-corrected chi connectivity index (χ2v) is 8.53. The molecule has 5 heteroatoms. The maximum atomic E-state index is 13.7. The predicted octanol–water partition coefficient (Wildman–Crippen LogP) is 4.55. The topological polar surface area (TPSA) is 49.9 Å². The molecule has 0 atom stereocenters. The van der Waals surface area contributed by atoms with Crippen molar-refractivity contribution in [3.8, 4) is 0 Å². The second kappa shape index (κ2) is 10.5. The summed E-state index contributed by atoms with van der Waals surface area (Å²) in [6, 6.07) is 23.6. The van der Waals surface area contributed by atoms with Gasteiger partial charge in [0.15, 0.2) is 0 Å². The monoisotopic (exact) mass is 442 g/mol. The minimum atomic E-state index is -0.0506. The zero-order chi connectivity index (χ0) is 23.2. The molecule has 33 heavy (non-hydrogen) atoms. The summed E-state index contributed by atoms with van der Waals surface area (Å²) in [5.74, 6) is 0.0381. The molecule has 1 fully saturated rings. The van der Waals surface area contributed by atoms with Crippen LogP contribution < -0.4 is 4.90 Å². The number of amides is 2. The zero-order valence-corrected chi connectivity index (χ0v) is 19.3. The van der Waals surface area contributed by atoms with Gasteiger partial charge in [0, 0.05) is 24.3 Å². The number of aryl methyl sites for hydroxylation is 2. The normalized spacial score (nSPS) is 13.6. The third-order valence-corrected chi connectivity index (χ3v) is 6.02. The van der Waals surface area contributed by atoms with Crippen molar-refractivity contribution in [3.63, 3.8) is 0 Å². The molecule has 3 aromatic carbocycles. The van der Waals surface area contributed by atoms with Crippen molar-refractivity contribution in [2.75, 3.05) is 31.2 Å². The van der Waals surface area contributed by atoms with Crippen LogP contribution in [0.3, 0.4) is 0 Å². The first-order chi connectivity index (χ1) is 16.0. The Morgan fingerprint density at radius 3 is 2.33 bits per heavy atom. The van der Waals surface area contributed by atoms with Gasteiger partial charge in [-0.2, -0.15) is 0 Å². The van der Waals surface area contributed by atoms with E-state index in [4.69, 9.17) is 4.74 Å². The Labute approximate surface area is 195 Å². The molecule has 1 heterocycles. The maximum absolute atomic E-state index is 13.7. The van der Waals surface area contributed by atoms with Gasteiger partial charge in [-0.15, -0.1) is 0 Å². The summed E-state index contributed by atoms with van der Waals surface area (Å²) in [5.41, 5.74) is 5.54. The number of carbonyl (C=O) groups excluding carboxylic acids is 2. The number of anilines is 1. The fourth-order valence-electron chi connectivity index (χ4n) is 4.05. The fourth-order valence-corrected chi connectivity index (χ4v) is 4.05. The molecular formula is C28H30N2O3. The maximum Gasteiger partial charge on any atom is 0.258 e. The van der Waals surface area contributed by atoms with Crippen LogP contribution in [0.4, 0.5) is 5.69 Å². The highest BCUT2D eigenvalue weighted by Crippen LogP contribution is 2.24. The Balaban J connectivity index is 1.62. The summed E-state index contributed by atoms with van der Waals surface area (Å²) in [6.45, 7) is 6.88. The Morgan fingerprint density at radius 1 is 0.879 bits per heavy atom. The van der Waals surface area contributed by atoms with Gasteiger partial charge in [0.1, 0.15) is 0 Å². The molecule has 170 valence electrons. The first kappa shape index (κ1) is 22.7. The van der Waals surface area contributed by atoms with Crippen LogP contribution in [0.15, 0.2) is 72.8 Å². The van der Waals surface area contributed by atoms with Crippen molar-refractivity contribution in [1.29, 1.82) is 0 Å². The van der Waals surface area contributed by atoms with Gasteiger partial charge >= 0.3 is 0 Å². The lowest BCUT2D eigenvalue weighted by Crippen LogP contribution is -2.41. The molecule has 0 spiro atoms. The molecule has 3 aromatic rings. The molecule has 1 aliphatic rings. The van der Waals surface area contributed by atoms with Crippen molar-refractivity contribution in [2.45, 2.75) is 26.8 Å². The molecule has 0 N–H and O–H groups in total. The third kappa shape index (κ3) is 5.68. The van der Waals surface area contributed by atoms with Crippen molar-refractivity contribution in [1.82, 2.24) is 4.90 Å². The van der Waals surface area contributed by atoms with E-state index >= 15 is 0 Å². The number of hydrogen-bond donors (Lipinski definition) is 0. The van der Waals surface area contributed by atoms with E-state index in [1.54, 1.807) is 4.90 Å². The van der Waals surface area contributed by atoms with Crippen LogP contribution in [0.5, 0.6) is 0 Å². The van der Waals surface area contributed by atoms with E-state index in [9.17, 15) is 9.59 Å². The first-order valence-electron chi connectivity index (χ1n) is 11.4. The average molecular weight is 443 g/mol. The Morgan fingerprint density at radius 2 is 1.61 bits per heavy atom. The Bertz CT molecular complexity index is 1120. The average Bonchev–Trinajstić information content (AvgIpc) is 2.84. The lowest BCUT2D eigenvalue weighted by Gasteiger charge is -2.27. The highest BCUT2D eigenvalue weighted by atomic mass is 16.5. The lowest BCUT2D eigenvalue weighted by atomic mass is 10.0. The van der Waals surface area contributed by atoms with E-state index in [2.05, 4.69) is 31.2 Å². The number of morpholine rings is 1. The van der Waals surface area contributed by atoms with E-state index in [0.29, 0.717) is 44.8 Å². The number of rotatable bonds is 6. The van der Waals surface area contributed by atoms with E-state index in [-0.39, 0.29) is 11.8 Å². The second-order valence-electron chi connectivity index (χ2n) is 8.53. The van der Waals surface area contributed by atoms with Gasteiger partial charge in [-0.25, -0.2) is 0 Å². The van der Waals surface area contributed by atoms with Crippen molar-refractivity contribution in [2.24, 2.45) is 0 Å². The highest BCUT2D eigenvalue weighted by molar-refractivity contribution is 6.07. The fraction of sp³-hybridized carbons (Fsp3) is 0.286. The van der Waals surface area contributed by atoms with E-state index in [1.807, 2.05) is 60.4 Å². The van der Waals surface area contributed by atoms with Gasteiger partial charge in [0.25, 0.3) is 5.91 Å². The molecule has 0 aliphatic carbocycles. The van der Waals surface area contributed by atoms with Crippen molar-refractivity contribution >= 4 is 17.5 Å². The van der Waals surface area contributed by atoms with Gasteiger partial charge in [0.05, 0.1) is 26.2 Å². The summed E-state index contributed by atoms with van der Waals surface area (Å²) in [7, 11) is 0. The van der Waals surface area contributed by atoms with E-state index < -0.39 is 0 Å². The van der Waals surface area contributed by atoms with Crippen LogP contribution in [0.25, 0.3) is 0 Å². The summed E-state index contributed by atoms with van der Waals surface area (Å²) in [4.78, 5) is 30.1. The predicted molar refractivity (Wildman–Crippen MR) is 130 cm³/mol. The van der Waals surface area contributed by atoms with Crippen LogP contribution in [-0.2, 0) is 22.5 Å². The molecule has 0 unspecified atom stereocenters. The Hall–Kier alpha value is -3.44. The van der Waals surface area contributed by atoms with Crippen LogP contribution in [0.1, 0.15) is 32.6 Å². The number of nitrogens with zero attached hydrogens (tertiary/aromatic N) is 2. The standard InChI is InChI=1S/C28H30N2O3/c1-21-10-12-23(13-11-21)20-30(28(32)26-9-4-3-6-22(26)2)25-8-5-7-24(18-25)19-27(31)29-14-16-33-17-15-29/h3-13,18H,14-17,19-20H2,1-2H3. The van der Waals surface area contributed by atoms with Crippen LogP contribution in [0, 0.1) is 13.8 Å². The van der Waals surface area contributed by atoms with Crippen molar-refractivity contribution < 1.29 is 14.3 Å². The Kier molecular flexibility index (Phi) is 7.20. The number of benzene rings is 3. The minimum absolute atomic E-state index is 0.0506. The van der Waals surface area contributed by atoms with Gasteiger partial charge in [-0.1, -0.05) is 60.2 Å². The van der Waals surface area contributed by atoms with Crippen molar-refractivity contribution in [3.05, 3.63) is 101 Å². The first-order valence-corrected chi connectivity index (χ1v) is 11.4. The van der Waals surface area contributed by atoms with Gasteiger partial charge in [-0.05, 0) is 48.7 Å². The van der Waals surface area contributed by atoms with Gasteiger partial charge in [0.2, 0.25) is 5.91 Å². The molecule has 0 saturated carbocycles. The molecule has 0 radical (unpaired) electrons. The highest BCUT2D eigenvalue weighted by Gasteiger charge is 2.21. The van der Waals surface area contributed by atoms with Gasteiger partial charge < -0.3 is 14.5 Å². The number of ether oxygens (including phenoxy) is 1. The molecule has 0 aromatic heterocycles. The smallest absolute Gasteiger partial charge is 0.258 e. The van der Waals surface area contributed by atoms with Gasteiger partial charge in [-0.3, -0.25) is 9.59 Å². The minimum Gasteiger partial charge on any atom is -0.378 e. The van der Waals surface area contributed by atoms with Crippen LogP contribution >= 0.6 is 0 Å². The molecule has 2 amide bonds. The molecule has 1 saturated heterocycles. The zero-order valence-electron chi connectivity index (χ0n) is 19.3. The SMILES string of the molecule is Cc1ccc(CN(C(=O)c2ccccc2C)c2cccc(CC(=O)N3CCOCC3)c2)cc1. The molecule has 1 aliphatic heterocycles. The van der Waals surface area contributed by atoms with Crippen LogP contribution in [-0.4, -0.2) is 43.0 Å². The number of carbonyl (C=O) groups is 2. The summed E-state index contributed by atoms with van der Waals surface area (Å²) in [6.07, 6.45) is 0.310. The van der Waals surface area contributed by atoms with E-state index in [0.717, 1.165) is 22.4 Å². The largest absolute Gasteiger partial charge is 0.378 e. The van der Waals surface area contributed by atoms with E-state index in [1.165, 1.54) is 5.56 Å². The molecule has 4 rings (SSSR count). The molecule has 0 bridgehead atoms. The summed E-state index contributed by atoms with van der Waals surface area (Å²) in [5, 5.41) is 0. The van der Waals surface area contributed by atoms with Crippen LogP contribution in [0.2, 0.25) is 0 Å².